The molecule has 0 aromatic carbocycles. The van der Waals surface area contributed by atoms with Crippen molar-refractivity contribution in [2.24, 2.45) is 0 Å². The Labute approximate surface area is 98.1 Å². The van der Waals surface area contributed by atoms with E-state index in [0.717, 1.165) is 12.3 Å². The van der Waals surface area contributed by atoms with Crippen LogP contribution in [-0.2, 0) is 6.18 Å². The number of aromatic nitrogens is 2. The number of carbonyl (C=O) groups is 1. The Morgan fingerprint density at radius 2 is 2.00 bits per heavy atom. The van der Waals surface area contributed by atoms with E-state index >= 15 is 0 Å². The predicted octanol–water partition coefficient (Wildman–Crippen LogP) is 1.93. The van der Waals surface area contributed by atoms with Crippen molar-refractivity contribution in [3.63, 3.8) is 0 Å². The van der Waals surface area contributed by atoms with Gasteiger partial charge in [0.25, 0.3) is 0 Å². The molecule has 0 aliphatic heterocycles. The summed E-state index contributed by atoms with van der Waals surface area (Å²) >= 11 is 0. The molecule has 5 nitrogen and oxygen atoms in total. The van der Waals surface area contributed by atoms with E-state index < -0.39 is 23.4 Å². The van der Waals surface area contributed by atoms with Crippen molar-refractivity contribution in [3.8, 4) is 0 Å². The number of alkyl halides is 3. The first-order valence-electron chi connectivity index (χ1n) is 4.66. The zero-order valence-electron chi connectivity index (χ0n) is 8.69. The summed E-state index contributed by atoms with van der Waals surface area (Å²) in [6.07, 6.45) is -3.71. The summed E-state index contributed by atoms with van der Waals surface area (Å²) in [5.41, 5.74) is 3.01. The van der Waals surface area contributed by atoms with Crippen LogP contribution in [0.5, 0.6) is 0 Å². The summed E-state index contributed by atoms with van der Waals surface area (Å²) in [5.74, 6) is -1.71. The highest BCUT2D eigenvalue weighted by molar-refractivity contribution is 5.93. The standard InChI is InChI=1S/C10H6F3N3O2/c11-10(12,13)7-6(9(17)18)2-4-1-5(14)3-15-8(4)16-7/h1-3H,14H2,(H,17,18). The molecule has 2 aromatic rings. The van der Waals surface area contributed by atoms with Crippen LogP contribution >= 0.6 is 0 Å². The molecule has 0 atom stereocenters. The Bertz CT molecular complexity index is 640. The largest absolute Gasteiger partial charge is 0.478 e. The van der Waals surface area contributed by atoms with Gasteiger partial charge in [-0.05, 0) is 12.1 Å². The molecular weight excluding hydrogens is 251 g/mol. The molecular formula is C10H6F3N3O2. The van der Waals surface area contributed by atoms with Gasteiger partial charge < -0.3 is 10.8 Å². The fraction of sp³-hybridized carbons (Fsp3) is 0.100. The third kappa shape index (κ3) is 2.04. The molecule has 0 saturated heterocycles. The summed E-state index contributed by atoms with van der Waals surface area (Å²) in [7, 11) is 0. The van der Waals surface area contributed by atoms with Gasteiger partial charge in [-0.15, -0.1) is 0 Å². The van der Waals surface area contributed by atoms with Crippen LogP contribution in [0.2, 0.25) is 0 Å². The number of rotatable bonds is 1. The lowest BCUT2D eigenvalue weighted by molar-refractivity contribution is -0.141. The van der Waals surface area contributed by atoms with Gasteiger partial charge >= 0.3 is 12.1 Å². The SMILES string of the molecule is Nc1cnc2nc(C(F)(F)F)c(C(=O)O)cc2c1. The number of anilines is 1. The van der Waals surface area contributed by atoms with E-state index in [1.807, 2.05) is 0 Å². The lowest BCUT2D eigenvalue weighted by atomic mass is 10.1. The summed E-state index contributed by atoms with van der Waals surface area (Å²) in [6, 6.07) is 2.17. The van der Waals surface area contributed by atoms with E-state index in [2.05, 4.69) is 9.97 Å². The first kappa shape index (κ1) is 12.1. The van der Waals surface area contributed by atoms with E-state index in [1.165, 1.54) is 6.07 Å². The lowest BCUT2D eigenvalue weighted by Gasteiger charge is -2.10. The molecule has 18 heavy (non-hydrogen) atoms. The van der Waals surface area contributed by atoms with Gasteiger partial charge in [-0.1, -0.05) is 0 Å². The molecule has 0 unspecified atom stereocenters. The zero-order chi connectivity index (χ0) is 13.5. The quantitative estimate of drug-likeness (QED) is 0.814. The molecule has 3 N–H and O–H groups in total. The Balaban J connectivity index is 2.81. The van der Waals surface area contributed by atoms with Crippen molar-refractivity contribution in [2.75, 3.05) is 5.73 Å². The minimum atomic E-state index is -4.86. The van der Waals surface area contributed by atoms with Crippen LogP contribution in [0.1, 0.15) is 16.1 Å². The third-order valence-electron chi connectivity index (χ3n) is 2.19. The average molecular weight is 257 g/mol. The van der Waals surface area contributed by atoms with Crippen LogP contribution in [0.15, 0.2) is 18.3 Å². The van der Waals surface area contributed by atoms with Crippen LogP contribution in [0.25, 0.3) is 11.0 Å². The van der Waals surface area contributed by atoms with E-state index in [0.29, 0.717) is 0 Å². The molecule has 0 amide bonds. The second-order valence-corrected chi connectivity index (χ2v) is 3.50. The minimum absolute atomic E-state index is 0.139. The first-order chi connectivity index (χ1) is 8.29. The van der Waals surface area contributed by atoms with E-state index in [1.54, 1.807) is 0 Å². The Morgan fingerprint density at radius 3 is 2.56 bits per heavy atom. The average Bonchev–Trinajstić information content (AvgIpc) is 2.25. The van der Waals surface area contributed by atoms with Gasteiger partial charge in [0.15, 0.2) is 11.3 Å². The number of hydrogen-bond acceptors (Lipinski definition) is 4. The van der Waals surface area contributed by atoms with Crippen LogP contribution in [0.3, 0.4) is 0 Å². The number of pyridine rings is 2. The van der Waals surface area contributed by atoms with Gasteiger partial charge in [0.1, 0.15) is 0 Å². The highest BCUT2D eigenvalue weighted by Crippen LogP contribution is 2.32. The second kappa shape index (κ2) is 3.83. The Morgan fingerprint density at radius 1 is 1.33 bits per heavy atom. The highest BCUT2D eigenvalue weighted by Gasteiger charge is 2.37. The van der Waals surface area contributed by atoms with Gasteiger partial charge in [0, 0.05) is 5.39 Å². The number of carboxylic acids is 1. The lowest BCUT2D eigenvalue weighted by Crippen LogP contribution is -2.15. The number of fused-ring (bicyclic) bond motifs is 1. The predicted molar refractivity (Wildman–Crippen MR) is 55.9 cm³/mol. The van der Waals surface area contributed by atoms with Gasteiger partial charge in [-0.25, -0.2) is 14.8 Å². The smallest absolute Gasteiger partial charge is 0.434 e. The monoisotopic (exact) mass is 257 g/mol. The normalized spacial score (nSPS) is 11.7. The second-order valence-electron chi connectivity index (χ2n) is 3.50. The van der Waals surface area contributed by atoms with Crippen molar-refractivity contribution >= 4 is 22.7 Å². The summed E-state index contributed by atoms with van der Waals surface area (Å²) in [6.45, 7) is 0. The van der Waals surface area contributed by atoms with E-state index in [9.17, 15) is 18.0 Å². The van der Waals surface area contributed by atoms with Crippen molar-refractivity contribution in [1.29, 1.82) is 0 Å². The molecule has 2 aromatic heterocycles. The van der Waals surface area contributed by atoms with Crippen LogP contribution < -0.4 is 5.73 Å². The zero-order valence-corrected chi connectivity index (χ0v) is 8.69. The van der Waals surface area contributed by atoms with Crippen LogP contribution in [-0.4, -0.2) is 21.0 Å². The van der Waals surface area contributed by atoms with E-state index in [4.69, 9.17) is 10.8 Å². The Kier molecular flexibility index (Phi) is 2.57. The van der Waals surface area contributed by atoms with Crippen LogP contribution in [0.4, 0.5) is 18.9 Å². The number of nitrogens with two attached hydrogens (primary N) is 1. The maximum atomic E-state index is 12.6. The topological polar surface area (TPSA) is 89.1 Å². The fourth-order valence-electron chi connectivity index (χ4n) is 1.46. The van der Waals surface area contributed by atoms with E-state index in [-0.39, 0.29) is 16.7 Å². The third-order valence-corrected chi connectivity index (χ3v) is 2.19. The van der Waals surface area contributed by atoms with Crippen molar-refractivity contribution < 1.29 is 23.1 Å². The first-order valence-corrected chi connectivity index (χ1v) is 4.66. The molecule has 0 spiro atoms. The van der Waals surface area contributed by atoms with Crippen molar-refractivity contribution in [3.05, 3.63) is 29.6 Å². The molecule has 2 rings (SSSR count). The molecule has 8 heteroatoms. The maximum absolute atomic E-state index is 12.6. The molecule has 0 fully saturated rings. The van der Waals surface area contributed by atoms with Gasteiger partial charge in [0.05, 0.1) is 17.4 Å². The fourth-order valence-corrected chi connectivity index (χ4v) is 1.46. The molecule has 2 heterocycles. The highest BCUT2D eigenvalue weighted by atomic mass is 19.4. The molecule has 0 aliphatic carbocycles. The molecule has 0 bridgehead atoms. The maximum Gasteiger partial charge on any atom is 0.434 e. The Hall–Kier alpha value is -2.38. The summed E-state index contributed by atoms with van der Waals surface area (Å²) < 4.78 is 37.9. The minimum Gasteiger partial charge on any atom is -0.478 e. The number of nitrogen functional groups attached to an aromatic ring is 1. The van der Waals surface area contributed by atoms with Gasteiger partial charge in [-0.3, -0.25) is 0 Å². The molecule has 0 aliphatic rings. The number of carboxylic acid groups (broad SMARTS) is 1. The molecule has 94 valence electrons. The van der Waals surface area contributed by atoms with Crippen LogP contribution in [0, 0.1) is 0 Å². The summed E-state index contributed by atoms with van der Waals surface area (Å²) in [5, 5.41) is 8.91. The number of nitrogens with zero attached hydrogens (tertiary/aromatic N) is 2. The number of aromatic carboxylic acids is 1. The van der Waals surface area contributed by atoms with Gasteiger partial charge in [-0.2, -0.15) is 13.2 Å². The van der Waals surface area contributed by atoms with Crippen molar-refractivity contribution in [2.45, 2.75) is 6.18 Å². The summed E-state index contributed by atoms with van der Waals surface area (Å²) in [4.78, 5) is 17.7. The van der Waals surface area contributed by atoms with Gasteiger partial charge in [0.2, 0.25) is 0 Å². The number of halogens is 3. The number of hydrogen-bond donors (Lipinski definition) is 2. The molecule has 0 saturated carbocycles. The molecule has 0 radical (unpaired) electrons. The van der Waals surface area contributed by atoms with Crippen molar-refractivity contribution in [1.82, 2.24) is 9.97 Å².